The number of likely N-dealkylation sites (tertiary alicyclic amines) is 1. The lowest BCUT2D eigenvalue weighted by Crippen LogP contribution is -2.49. The Balaban J connectivity index is 1.03. The third-order valence-electron chi connectivity index (χ3n) is 6.54. The van der Waals surface area contributed by atoms with E-state index < -0.39 is 0 Å². The van der Waals surface area contributed by atoms with Crippen LogP contribution in [-0.2, 0) is 4.79 Å². The molecule has 0 unspecified atom stereocenters. The molecule has 0 bridgehead atoms. The van der Waals surface area contributed by atoms with Crippen LogP contribution in [0, 0.1) is 0 Å². The van der Waals surface area contributed by atoms with E-state index in [1.54, 1.807) is 0 Å². The number of carbonyl (C=O) groups excluding carboxylic acids is 1. The van der Waals surface area contributed by atoms with Crippen LogP contribution in [0.1, 0.15) is 32.1 Å². The minimum Gasteiger partial charge on any atom is -0.494 e. The number of ether oxygens (including phenoxy) is 2. The van der Waals surface area contributed by atoms with E-state index in [2.05, 4.69) is 9.80 Å². The molecule has 2 fully saturated rings. The summed E-state index contributed by atoms with van der Waals surface area (Å²) in [4.78, 5) is 19.2. The van der Waals surface area contributed by atoms with Gasteiger partial charge < -0.3 is 19.3 Å². The van der Waals surface area contributed by atoms with Crippen molar-refractivity contribution < 1.29 is 14.3 Å². The lowest BCUT2D eigenvalue weighted by Gasteiger charge is -2.35. The van der Waals surface area contributed by atoms with Gasteiger partial charge in [0.2, 0.25) is 5.91 Å². The summed E-state index contributed by atoms with van der Waals surface area (Å²) in [5, 5.41) is 0.694. The Morgan fingerprint density at radius 2 is 1.32 bits per heavy atom. The molecule has 2 saturated heterocycles. The van der Waals surface area contributed by atoms with Gasteiger partial charge >= 0.3 is 0 Å². The predicted octanol–water partition coefficient (Wildman–Crippen LogP) is 4.92. The monoisotopic (exact) mass is 485 g/mol. The van der Waals surface area contributed by atoms with Crippen LogP contribution in [0.4, 0.5) is 0 Å². The second kappa shape index (κ2) is 13.0. The molecule has 7 heteroatoms. The molecular weight excluding hydrogens is 450 g/mol. The summed E-state index contributed by atoms with van der Waals surface area (Å²) in [5.74, 6) is 2.71. The fraction of sp³-hybridized carbons (Fsp3) is 0.519. The van der Waals surface area contributed by atoms with E-state index in [-0.39, 0.29) is 0 Å². The average Bonchev–Trinajstić information content (AvgIpc) is 3.40. The summed E-state index contributed by atoms with van der Waals surface area (Å²) < 4.78 is 11.7. The number of hydrogen-bond acceptors (Lipinski definition) is 5. The summed E-state index contributed by atoms with van der Waals surface area (Å²) >= 11 is 5.91. The Morgan fingerprint density at radius 3 is 2.00 bits per heavy atom. The van der Waals surface area contributed by atoms with Crippen LogP contribution in [0.25, 0.3) is 0 Å². The number of rotatable bonds is 11. The van der Waals surface area contributed by atoms with Gasteiger partial charge in [-0.2, -0.15) is 0 Å². The molecule has 2 aromatic rings. The van der Waals surface area contributed by atoms with Gasteiger partial charge in [0.25, 0.3) is 0 Å². The minimum absolute atomic E-state index is 0.315. The smallest absolute Gasteiger partial charge is 0.236 e. The molecule has 0 saturated carbocycles. The maximum Gasteiger partial charge on any atom is 0.236 e. The van der Waals surface area contributed by atoms with E-state index in [0.29, 0.717) is 17.5 Å². The first-order valence-electron chi connectivity index (χ1n) is 12.5. The molecule has 0 aromatic heterocycles. The van der Waals surface area contributed by atoms with E-state index in [0.717, 1.165) is 95.4 Å². The molecule has 2 aliphatic heterocycles. The zero-order valence-corrected chi connectivity index (χ0v) is 20.7. The number of hydrogen-bond donors (Lipinski definition) is 0. The quantitative estimate of drug-likeness (QED) is 0.423. The van der Waals surface area contributed by atoms with E-state index in [1.807, 2.05) is 53.4 Å². The summed E-state index contributed by atoms with van der Waals surface area (Å²) in [5.41, 5.74) is 0. The van der Waals surface area contributed by atoms with Crippen molar-refractivity contribution in [2.75, 3.05) is 59.0 Å². The van der Waals surface area contributed by atoms with Crippen molar-refractivity contribution in [2.45, 2.75) is 32.1 Å². The van der Waals surface area contributed by atoms with Crippen LogP contribution in [0.2, 0.25) is 5.02 Å². The summed E-state index contributed by atoms with van der Waals surface area (Å²) in [7, 11) is 0. The van der Waals surface area contributed by atoms with Crippen LogP contribution >= 0.6 is 11.6 Å². The fourth-order valence-corrected chi connectivity index (χ4v) is 4.60. The highest BCUT2D eigenvalue weighted by molar-refractivity contribution is 6.30. The van der Waals surface area contributed by atoms with Gasteiger partial charge in [0.15, 0.2) is 0 Å². The maximum absolute atomic E-state index is 12.3. The minimum atomic E-state index is 0.315. The fourth-order valence-electron chi connectivity index (χ4n) is 4.48. The summed E-state index contributed by atoms with van der Waals surface area (Å²) in [6, 6.07) is 15.1. The lowest BCUT2D eigenvalue weighted by molar-refractivity contribution is -0.131. The highest BCUT2D eigenvalue weighted by Gasteiger charge is 2.23. The van der Waals surface area contributed by atoms with Crippen LogP contribution in [0.5, 0.6) is 17.2 Å². The normalized spacial score (nSPS) is 17.1. The molecule has 2 aromatic carbocycles. The Kier molecular flexibility index (Phi) is 9.48. The molecule has 0 aliphatic carbocycles. The SMILES string of the molecule is O=C(CN1CCN(CCCCCOc2ccc(Oc3ccc(Cl)cc3)cc2)CC1)N1CCCC1. The van der Waals surface area contributed by atoms with Crippen LogP contribution < -0.4 is 9.47 Å². The second-order valence-corrected chi connectivity index (χ2v) is 9.58. The highest BCUT2D eigenvalue weighted by Crippen LogP contribution is 2.25. The van der Waals surface area contributed by atoms with Gasteiger partial charge in [-0.05, 0) is 87.2 Å². The molecule has 0 N–H and O–H groups in total. The second-order valence-electron chi connectivity index (χ2n) is 9.14. The topological polar surface area (TPSA) is 45.3 Å². The van der Waals surface area contributed by atoms with Crippen LogP contribution in [-0.4, -0.2) is 79.6 Å². The number of nitrogens with zero attached hydrogens (tertiary/aromatic N) is 3. The van der Waals surface area contributed by atoms with E-state index in [1.165, 1.54) is 6.42 Å². The molecule has 2 aliphatic rings. The number of piperazine rings is 1. The van der Waals surface area contributed by atoms with E-state index in [4.69, 9.17) is 21.1 Å². The molecule has 0 atom stereocenters. The molecule has 0 radical (unpaired) electrons. The molecule has 6 nitrogen and oxygen atoms in total. The molecule has 1 amide bonds. The molecule has 2 heterocycles. The number of amides is 1. The van der Waals surface area contributed by atoms with E-state index in [9.17, 15) is 4.79 Å². The average molecular weight is 486 g/mol. The maximum atomic E-state index is 12.3. The van der Waals surface area contributed by atoms with Crippen molar-refractivity contribution in [3.8, 4) is 17.2 Å². The van der Waals surface area contributed by atoms with Gasteiger partial charge in [-0.15, -0.1) is 0 Å². The number of halogens is 1. The number of benzene rings is 2. The molecule has 184 valence electrons. The lowest BCUT2D eigenvalue weighted by atomic mass is 10.2. The third-order valence-corrected chi connectivity index (χ3v) is 6.80. The predicted molar refractivity (Wildman–Crippen MR) is 136 cm³/mol. The van der Waals surface area contributed by atoms with Gasteiger partial charge in [0.1, 0.15) is 17.2 Å². The largest absolute Gasteiger partial charge is 0.494 e. The third kappa shape index (κ3) is 7.90. The van der Waals surface area contributed by atoms with Crippen molar-refractivity contribution in [1.29, 1.82) is 0 Å². The van der Waals surface area contributed by atoms with Crippen molar-refractivity contribution >= 4 is 17.5 Å². The molecule has 0 spiro atoms. The molecular formula is C27H36ClN3O3. The van der Waals surface area contributed by atoms with Gasteiger partial charge in [0, 0.05) is 44.3 Å². The van der Waals surface area contributed by atoms with Crippen molar-refractivity contribution in [3.05, 3.63) is 53.6 Å². The van der Waals surface area contributed by atoms with Gasteiger partial charge in [-0.1, -0.05) is 11.6 Å². The van der Waals surface area contributed by atoms with Crippen molar-refractivity contribution in [1.82, 2.24) is 14.7 Å². The Bertz CT molecular complexity index is 877. The highest BCUT2D eigenvalue weighted by atomic mass is 35.5. The van der Waals surface area contributed by atoms with Crippen LogP contribution in [0.3, 0.4) is 0 Å². The first-order chi connectivity index (χ1) is 16.7. The van der Waals surface area contributed by atoms with Crippen molar-refractivity contribution in [3.63, 3.8) is 0 Å². The molecule has 34 heavy (non-hydrogen) atoms. The Labute approximate surface area is 208 Å². The first-order valence-corrected chi connectivity index (χ1v) is 12.9. The zero-order chi connectivity index (χ0) is 23.6. The first kappa shape index (κ1) is 24.8. The van der Waals surface area contributed by atoms with Crippen LogP contribution in [0.15, 0.2) is 48.5 Å². The summed E-state index contributed by atoms with van der Waals surface area (Å²) in [6.45, 7) is 8.48. The Morgan fingerprint density at radius 1 is 0.735 bits per heavy atom. The van der Waals surface area contributed by atoms with E-state index >= 15 is 0 Å². The summed E-state index contributed by atoms with van der Waals surface area (Å²) in [6.07, 6.45) is 5.72. The Hall–Kier alpha value is -2.28. The van der Waals surface area contributed by atoms with Gasteiger partial charge in [-0.3, -0.25) is 9.69 Å². The van der Waals surface area contributed by atoms with Gasteiger partial charge in [-0.25, -0.2) is 0 Å². The standard InChI is InChI=1S/C27H36ClN3O3/c28-23-6-8-25(9-7-23)34-26-12-10-24(11-13-26)33-21-5-1-2-14-29-17-19-30(20-18-29)22-27(32)31-15-3-4-16-31/h6-13H,1-5,14-22H2. The van der Waals surface area contributed by atoms with Gasteiger partial charge in [0.05, 0.1) is 13.2 Å². The number of unbranched alkanes of at least 4 members (excludes halogenated alkanes) is 2. The zero-order valence-electron chi connectivity index (χ0n) is 20.0. The molecule has 4 rings (SSSR count). The number of carbonyl (C=O) groups is 1. The van der Waals surface area contributed by atoms with Crippen molar-refractivity contribution in [2.24, 2.45) is 0 Å².